The Balaban J connectivity index is 1.16. The molecule has 9 aromatic rings. The molecule has 0 fully saturated rings. The van der Waals surface area contributed by atoms with Crippen molar-refractivity contribution < 1.29 is 0 Å². The van der Waals surface area contributed by atoms with E-state index in [2.05, 4.69) is 266 Å². The predicted octanol–water partition coefficient (Wildman–Crippen LogP) is 13.4. The Morgan fingerprint density at radius 1 is 0.411 bits per heavy atom. The molecule has 0 saturated heterocycles. The van der Waals surface area contributed by atoms with E-state index >= 15 is 0 Å². The molecule has 0 bridgehead atoms. The van der Waals surface area contributed by atoms with E-state index in [1.807, 2.05) is 0 Å². The Bertz CT molecular complexity index is 3740. The van der Waals surface area contributed by atoms with Crippen LogP contribution in [0, 0.1) is 6.92 Å². The Morgan fingerprint density at radius 3 is 1.59 bits per heavy atom. The smallest absolute Gasteiger partial charge is 0.333 e. The van der Waals surface area contributed by atoms with Gasteiger partial charge in [0.1, 0.15) is 0 Å². The third kappa shape index (κ3) is 5.93. The second kappa shape index (κ2) is 15.2. The number of aryl methyl sites for hydroxylation is 1. The molecule has 14 rings (SSSR count). The summed E-state index contributed by atoms with van der Waals surface area (Å²) in [5.74, 6) is 0. The van der Waals surface area contributed by atoms with E-state index < -0.39 is 8.07 Å². The van der Waals surface area contributed by atoms with Gasteiger partial charge in [-0.2, -0.15) is 0 Å². The molecule has 2 nitrogen and oxygen atoms in total. The molecule has 73 heavy (non-hydrogen) atoms. The fraction of sp³-hybridized carbons (Fsp3) is 0.217. The average Bonchev–Trinajstić information content (AvgIpc) is 3.41. The topological polar surface area (TPSA) is 6.48 Å². The number of fused-ring (bicyclic) bond motifs is 9. The zero-order valence-corrected chi connectivity index (χ0v) is 44.9. The molecule has 2 aliphatic carbocycles. The van der Waals surface area contributed by atoms with E-state index in [9.17, 15) is 0 Å². The van der Waals surface area contributed by atoms with Gasteiger partial charge in [-0.1, -0.05) is 219 Å². The van der Waals surface area contributed by atoms with E-state index in [1.165, 1.54) is 128 Å². The normalized spacial score (nSPS) is 18.0. The maximum Gasteiger partial charge on any atom is 0.333 e. The van der Waals surface area contributed by atoms with Gasteiger partial charge in [0, 0.05) is 44.8 Å². The van der Waals surface area contributed by atoms with Gasteiger partial charge in [0.15, 0.2) is 8.07 Å². The number of nitrogens with zero attached hydrogens (tertiary/aromatic N) is 2. The molecular weight excluding hydrogens is 896 g/mol. The summed E-state index contributed by atoms with van der Waals surface area (Å²) in [4.78, 5) is 5.57. The molecule has 3 heterocycles. The van der Waals surface area contributed by atoms with Crippen LogP contribution in [-0.2, 0) is 21.7 Å². The van der Waals surface area contributed by atoms with Crippen LogP contribution in [0.1, 0.15) is 107 Å². The van der Waals surface area contributed by atoms with Gasteiger partial charge in [0.25, 0.3) is 0 Å². The highest BCUT2D eigenvalue weighted by Gasteiger charge is 2.56. The van der Waals surface area contributed by atoms with Crippen molar-refractivity contribution in [1.82, 2.24) is 0 Å². The van der Waals surface area contributed by atoms with Crippen LogP contribution in [0.5, 0.6) is 0 Å². The third-order valence-electron chi connectivity index (χ3n) is 18.7. The van der Waals surface area contributed by atoms with Crippen molar-refractivity contribution in [3.63, 3.8) is 0 Å². The molecular formula is C69H63BN2Si. The Hall–Kier alpha value is -7.14. The molecule has 9 aromatic carbocycles. The standard InChI is InChI=1S/C69H63BN2Si/c1-44-38-53-54(67(4,5)37-36-66(53,2)3)42-59(44)71-60-43-56-55(68(6,7)51-31-19-20-32-52(51)69(56,8)9)41-57(60)70-64-50(39-46(40-61(64)71)45-24-13-10-14-25-45)49-30-23-35-63-65(49)72(70)58-33-21-22-34-62(58)73(63,47-26-15-11-16-27-47)48-28-17-12-18-29-48/h10-35,38-43H,36-37H2,1-9H3. The first kappa shape index (κ1) is 44.6. The van der Waals surface area contributed by atoms with Crippen LogP contribution < -0.4 is 41.4 Å². The van der Waals surface area contributed by atoms with Crippen molar-refractivity contribution in [3.05, 3.63) is 233 Å². The van der Waals surface area contributed by atoms with Crippen LogP contribution in [0.3, 0.4) is 0 Å². The summed E-state index contributed by atoms with van der Waals surface area (Å²) in [6, 6.07) is 76.0. The summed E-state index contributed by atoms with van der Waals surface area (Å²) in [6.45, 7) is 22.0. The van der Waals surface area contributed by atoms with E-state index in [-0.39, 0.29) is 28.5 Å². The maximum atomic E-state index is 2.83. The lowest BCUT2D eigenvalue weighted by atomic mass is 9.42. The highest BCUT2D eigenvalue weighted by Crippen LogP contribution is 2.56. The highest BCUT2D eigenvalue weighted by atomic mass is 28.3. The van der Waals surface area contributed by atoms with E-state index in [0.29, 0.717) is 0 Å². The quantitative estimate of drug-likeness (QED) is 0.162. The molecule has 0 radical (unpaired) electrons. The number of anilines is 5. The van der Waals surface area contributed by atoms with Gasteiger partial charge >= 0.3 is 6.85 Å². The molecule has 3 aliphatic heterocycles. The SMILES string of the molecule is Cc1cc2c(cc1N1c3cc4c(cc3B3c5c(cc(-c6ccccc6)cc51)-c1cccc5c1N3c1ccccc1[Si]5(c1ccccc1)c1ccccc1)C(C)(C)c1ccccc1C4(C)C)C(C)(C)CCC2(C)C. The van der Waals surface area contributed by atoms with Crippen molar-refractivity contribution in [1.29, 1.82) is 0 Å². The number of para-hydroxylation sites is 2. The van der Waals surface area contributed by atoms with Crippen LogP contribution in [0.15, 0.2) is 194 Å². The second-order valence-corrected chi connectivity index (χ2v) is 28.1. The molecule has 0 spiro atoms. The molecule has 5 aliphatic rings. The summed E-state index contributed by atoms with van der Waals surface area (Å²) in [5, 5.41) is 5.71. The maximum absolute atomic E-state index is 2.93. The lowest BCUT2D eigenvalue weighted by Crippen LogP contribution is -2.79. The van der Waals surface area contributed by atoms with Crippen molar-refractivity contribution in [3.8, 4) is 22.3 Å². The summed E-state index contributed by atoms with van der Waals surface area (Å²) in [6.07, 6.45) is 2.34. The molecule has 0 saturated carbocycles. The van der Waals surface area contributed by atoms with E-state index in [0.717, 1.165) is 6.42 Å². The van der Waals surface area contributed by atoms with Crippen molar-refractivity contribution in [2.75, 3.05) is 9.71 Å². The molecule has 0 atom stereocenters. The monoisotopic (exact) mass is 958 g/mol. The van der Waals surface area contributed by atoms with Crippen LogP contribution in [0.25, 0.3) is 22.3 Å². The predicted molar refractivity (Wildman–Crippen MR) is 313 cm³/mol. The van der Waals surface area contributed by atoms with E-state index in [4.69, 9.17) is 0 Å². The van der Waals surface area contributed by atoms with Crippen LogP contribution >= 0.6 is 0 Å². The van der Waals surface area contributed by atoms with Crippen molar-refractivity contribution in [2.45, 2.75) is 96.8 Å². The van der Waals surface area contributed by atoms with Gasteiger partial charge in [0.05, 0.1) is 0 Å². The largest absolute Gasteiger partial charge is 0.376 e. The van der Waals surface area contributed by atoms with Gasteiger partial charge < -0.3 is 9.71 Å². The fourth-order valence-electron chi connectivity index (χ4n) is 14.8. The minimum atomic E-state index is -2.93. The minimum absolute atomic E-state index is 0.0338. The van der Waals surface area contributed by atoms with Gasteiger partial charge in [-0.3, -0.25) is 0 Å². The summed E-state index contributed by atoms with van der Waals surface area (Å²) in [5.41, 5.74) is 24.0. The minimum Gasteiger partial charge on any atom is -0.376 e. The van der Waals surface area contributed by atoms with Gasteiger partial charge in [-0.15, -0.1) is 0 Å². The number of hydrogen-bond donors (Lipinski definition) is 0. The zero-order valence-electron chi connectivity index (χ0n) is 43.9. The van der Waals surface area contributed by atoms with Crippen LogP contribution in [0.4, 0.5) is 28.4 Å². The second-order valence-electron chi connectivity index (χ2n) is 24.3. The third-order valence-corrected chi connectivity index (χ3v) is 23.6. The molecule has 0 aromatic heterocycles. The zero-order chi connectivity index (χ0) is 50.0. The number of benzene rings is 9. The summed E-state index contributed by atoms with van der Waals surface area (Å²) >= 11 is 0. The summed E-state index contributed by atoms with van der Waals surface area (Å²) in [7, 11) is -2.93. The number of hydrogen-bond acceptors (Lipinski definition) is 2. The van der Waals surface area contributed by atoms with Gasteiger partial charge in [-0.05, 0) is 148 Å². The van der Waals surface area contributed by atoms with Crippen LogP contribution in [0.2, 0.25) is 0 Å². The first-order valence-corrected chi connectivity index (χ1v) is 28.8. The highest BCUT2D eigenvalue weighted by molar-refractivity contribution is 7.22. The first-order chi connectivity index (χ1) is 35.1. The lowest BCUT2D eigenvalue weighted by molar-refractivity contribution is 0.332. The molecule has 0 unspecified atom stereocenters. The van der Waals surface area contributed by atoms with Gasteiger partial charge in [0.2, 0.25) is 0 Å². The average molecular weight is 959 g/mol. The lowest BCUT2D eigenvalue weighted by Gasteiger charge is -2.53. The molecule has 356 valence electrons. The number of rotatable bonds is 4. The molecule has 0 amide bonds. The molecule has 4 heteroatoms. The van der Waals surface area contributed by atoms with E-state index in [1.54, 1.807) is 0 Å². The first-order valence-electron chi connectivity index (χ1n) is 26.8. The molecule has 0 N–H and O–H groups in total. The van der Waals surface area contributed by atoms with Crippen molar-refractivity contribution >= 4 is 75.0 Å². The van der Waals surface area contributed by atoms with Crippen LogP contribution in [-0.4, -0.2) is 14.9 Å². The Morgan fingerprint density at radius 2 is 0.945 bits per heavy atom. The fourth-order valence-corrected chi connectivity index (χ4v) is 20.0. The Labute approximate surface area is 434 Å². The Kier molecular flexibility index (Phi) is 9.29. The van der Waals surface area contributed by atoms with Crippen molar-refractivity contribution in [2.24, 2.45) is 0 Å². The van der Waals surface area contributed by atoms with Gasteiger partial charge in [-0.25, -0.2) is 0 Å². The summed E-state index contributed by atoms with van der Waals surface area (Å²) < 4.78 is 0.